The zero-order valence-electron chi connectivity index (χ0n) is 24.4. The molecule has 44 heavy (non-hydrogen) atoms. The Bertz CT molecular complexity index is 1440. The summed E-state index contributed by atoms with van der Waals surface area (Å²) in [5.41, 5.74) is 0.00983. The van der Waals surface area contributed by atoms with E-state index in [0.717, 1.165) is 32.5 Å². The van der Waals surface area contributed by atoms with E-state index >= 15 is 0 Å². The van der Waals surface area contributed by atoms with Crippen molar-refractivity contribution in [2.24, 2.45) is 0 Å². The van der Waals surface area contributed by atoms with Crippen LogP contribution in [-0.4, -0.2) is 123 Å². The number of likely N-dealkylation sites (tertiary alicyclic amines) is 2. The van der Waals surface area contributed by atoms with Crippen molar-refractivity contribution in [2.45, 2.75) is 44.3 Å². The molecule has 3 aliphatic rings. The van der Waals surface area contributed by atoms with E-state index in [-0.39, 0.29) is 23.4 Å². The summed E-state index contributed by atoms with van der Waals surface area (Å²) >= 11 is 0. The number of aromatic nitrogens is 5. The first-order valence-corrected chi connectivity index (χ1v) is 15.0. The first kappa shape index (κ1) is 30.1. The number of nitrogens with one attached hydrogen (secondary N) is 1. The number of hydrogen-bond donors (Lipinski definition) is 2. The van der Waals surface area contributed by atoms with Gasteiger partial charge in [-0.1, -0.05) is 0 Å². The molecule has 0 bridgehead atoms. The van der Waals surface area contributed by atoms with Gasteiger partial charge in [0, 0.05) is 58.2 Å². The topological polar surface area (TPSA) is 143 Å². The summed E-state index contributed by atoms with van der Waals surface area (Å²) in [7, 11) is 0. The standard InChI is InChI=1S/C28H37F2N9O5/c29-25(30)24-22(32-27(40)21-17-31-38-10-5-23(33-26(21)38)36-12-14-43-15-13-36)18-39(34-24)19-1-6-35(7-2-19)11-16-44-20-3-8-37(9-4-20)28(41)42/h5,10,17-20,25H,1-4,6-9,11-16H2,(H,32,40)(H,41,42). The largest absolute Gasteiger partial charge is 0.465 e. The van der Waals surface area contributed by atoms with Crippen molar-refractivity contribution in [3.63, 3.8) is 0 Å². The maximum Gasteiger partial charge on any atom is 0.407 e. The number of nitrogens with zero attached hydrogens (tertiary/aromatic N) is 8. The van der Waals surface area contributed by atoms with E-state index in [1.807, 2.05) is 6.07 Å². The molecule has 14 nitrogen and oxygen atoms in total. The highest BCUT2D eigenvalue weighted by Crippen LogP contribution is 2.31. The molecule has 6 rings (SSSR count). The van der Waals surface area contributed by atoms with Crippen LogP contribution in [0.5, 0.6) is 0 Å². The summed E-state index contributed by atoms with van der Waals surface area (Å²) in [6.07, 6.45) is 3.74. The average molecular weight is 618 g/mol. The van der Waals surface area contributed by atoms with Crippen LogP contribution in [0.1, 0.15) is 54.2 Å². The van der Waals surface area contributed by atoms with Gasteiger partial charge in [-0.05, 0) is 31.7 Å². The van der Waals surface area contributed by atoms with Gasteiger partial charge in [0.2, 0.25) is 0 Å². The van der Waals surface area contributed by atoms with E-state index in [1.54, 1.807) is 10.9 Å². The van der Waals surface area contributed by atoms with Crippen LogP contribution < -0.4 is 10.2 Å². The van der Waals surface area contributed by atoms with Gasteiger partial charge in [0.25, 0.3) is 12.3 Å². The van der Waals surface area contributed by atoms with Crippen LogP contribution in [0.15, 0.2) is 24.7 Å². The maximum atomic E-state index is 14.0. The molecule has 238 valence electrons. The Balaban J connectivity index is 1.04. The van der Waals surface area contributed by atoms with Gasteiger partial charge in [-0.3, -0.25) is 9.48 Å². The van der Waals surface area contributed by atoms with Crippen LogP contribution in [-0.2, 0) is 9.47 Å². The van der Waals surface area contributed by atoms with Crippen molar-refractivity contribution in [3.8, 4) is 0 Å². The van der Waals surface area contributed by atoms with Gasteiger partial charge < -0.3 is 34.6 Å². The second-order valence-corrected chi connectivity index (χ2v) is 11.3. The number of ether oxygens (including phenoxy) is 2. The number of morpholine rings is 1. The second kappa shape index (κ2) is 13.4. The molecule has 0 aliphatic carbocycles. The van der Waals surface area contributed by atoms with Crippen LogP contribution in [0, 0.1) is 0 Å². The molecule has 3 aromatic rings. The first-order chi connectivity index (χ1) is 21.4. The van der Waals surface area contributed by atoms with Crippen molar-refractivity contribution in [2.75, 3.05) is 75.9 Å². The van der Waals surface area contributed by atoms with E-state index < -0.39 is 24.1 Å². The van der Waals surface area contributed by atoms with E-state index in [4.69, 9.17) is 14.6 Å². The number of anilines is 2. The Hall–Kier alpha value is -3.89. The van der Waals surface area contributed by atoms with Crippen molar-refractivity contribution >= 4 is 29.2 Å². The lowest BCUT2D eigenvalue weighted by Gasteiger charge is -2.33. The van der Waals surface area contributed by atoms with Gasteiger partial charge in [0.1, 0.15) is 11.4 Å². The fraction of sp³-hybridized carbons (Fsp3) is 0.607. The minimum atomic E-state index is -2.86. The monoisotopic (exact) mass is 617 g/mol. The third kappa shape index (κ3) is 6.76. The number of hydrogen-bond acceptors (Lipinski definition) is 9. The van der Waals surface area contributed by atoms with E-state index in [2.05, 4.69) is 30.3 Å². The normalized spacial score (nSPS) is 19.2. The van der Waals surface area contributed by atoms with E-state index in [1.165, 1.54) is 21.8 Å². The molecule has 0 radical (unpaired) electrons. The highest BCUT2D eigenvalue weighted by atomic mass is 19.3. The summed E-state index contributed by atoms with van der Waals surface area (Å²) in [5.74, 6) is 0.104. The summed E-state index contributed by atoms with van der Waals surface area (Å²) in [5, 5.41) is 20.1. The molecule has 0 aromatic carbocycles. The SMILES string of the molecule is O=C(Nc1cn(C2CCN(CCOC3CCN(C(=O)O)CC3)CC2)nc1C(F)F)c1cnn2ccc(N3CCOCC3)nc12. The van der Waals surface area contributed by atoms with Crippen molar-refractivity contribution in [1.29, 1.82) is 0 Å². The minimum absolute atomic E-state index is 0.0292. The molecule has 0 saturated carbocycles. The second-order valence-electron chi connectivity index (χ2n) is 11.3. The van der Waals surface area contributed by atoms with Crippen molar-refractivity contribution in [3.05, 3.63) is 35.9 Å². The van der Waals surface area contributed by atoms with Crippen molar-refractivity contribution in [1.82, 2.24) is 34.2 Å². The molecule has 6 heterocycles. The number of carbonyl (C=O) groups is 2. The van der Waals surface area contributed by atoms with Gasteiger partial charge in [-0.2, -0.15) is 10.2 Å². The first-order valence-electron chi connectivity index (χ1n) is 15.0. The smallest absolute Gasteiger partial charge is 0.407 e. The number of carboxylic acid groups (broad SMARTS) is 1. The third-order valence-electron chi connectivity index (χ3n) is 8.55. The zero-order valence-corrected chi connectivity index (χ0v) is 24.4. The average Bonchev–Trinajstić information content (AvgIpc) is 3.66. The van der Waals surface area contributed by atoms with Gasteiger partial charge in [-0.15, -0.1) is 0 Å². The quantitative estimate of drug-likeness (QED) is 0.368. The number of fused-ring (bicyclic) bond motifs is 1. The molecular weight excluding hydrogens is 580 g/mol. The molecule has 2 N–H and O–H groups in total. The molecule has 2 amide bonds. The van der Waals surface area contributed by atoms with Crippen LogP contribution in [0.3, 0.4) is 0 Å². The van der Waals surface area contributed by atoms with Gasteiger partial charge in [-0.25, -0.2) is 23.1 Å². The molecule has 3 aliphatic heterocycles. The maximum absolute atomic E-state index is 14.0. The number of carbonyl (C=O) groups excluding carboxylic acids is 1. The molecule has 0 atom stereocenters. The Morgan fingerprint density at radius 3 is 2.55 bits per heavy atom. The van der Waals surface area contributed by atoms with Gasteiger partial charge >= 0.3 is 6.09 Å². The lowest BCUT2D eigenvalue weighted by molar-refractivity contribution is -0.00209. The fourth-order valence-electron chi connectivity index (χ4n) is 6.00. The molecule has 0 spiro atoms. The molecule has 3 aromatic heterocycles. The molecule has 16 heteroatoms. The Morgan fingerprint density at radius 2 is 1.84 bits per heavy atom. The Kier molecular flexibility index (Phi) is 9.18. The Morgan fingerprint density at radius 1 is 1.09 bits per heavy atom. The van der Waals surface area contributed by atoms with Crippen LogP contribution >= 0.6 is 0 Å². The number of amides is 2. The minimum Gasteiger partial charge on any atom is -0.465 e. The molecular formula is C28H37F2N9O5. The molecule has 3 fully saturated rings. The molecule has 0 unspecified atom stereocenters. The van der Waals surface area contributed by atoms with Crippen LogP contribution in [0.25, 0.3) is 5.65 Å². The lowest BCUT2D eigenvalue weighted by Crippen LogP contribution is -2.41. The summed E-state index contributed by atoms with van der Waals surface area (Å²) in [6, 6.07) is 1.74. The number of rotatable bonds is 9. The summed E-state index contributed by atoms with van der Waals surface area (Å²) in [4.78, 5) is 34.7. The lowest BCUT2D eigenvalue weighted by atomic mass is 10.1. The predicted molar refractivity (Wildman–Crippen MR) is 154 cm³/mol. The van der Waals surface area contributed by atoms with E-state index in [0.29, 0.717) is 70.3 Å². The van der Waals surface area contributed by atoms with Gasteiger partial charge in [0.15, 0.2) is 11.3 Å². The van der Waals surface area contributed by atoms with Crippen LogP contribution in [0.4, 0.5) is 25.1 Å². The number of alkyl halides is 2. The highest BCUT2D eigenvalue weighted by molar-refractivity contribution is 6.08. The Labute approximate surface area is 252 Å². The highest BCUT2D eigenvalue weighted by Gasteiger charge is 2.28. The van der Waals surface area contributed by atoms with Gasteiger partial charge in [0.05, 0.1) is 43.9 Å². The summed E-state index contributed by atoms with van der Waals surface area (Å²) in [6.45, 7) is 6.34. The third-order valence-corrected chi connectivity index (χ3v) is 8.55. The van der Waals surface area contributed by atoms with E-state index in [9.17, 15) is 18.4 Å². The number of piperidine rings is 2. The number of halogens is 2. The predicted octanol–water partition coefficient (Wildman–Crippen LogP) is 2.75. The van der Waals surface area contributed by atoms with Crippen LogP contribution in [0.2, 0.25) is 0 Å². The fourth-order valence-corrected chi connectivity index (χ4v) is 6.00. The summed E-state index contributed by atoms with van der Waals surface area (Å²) < 4.78 is 42.4. The molecule has 3 saturated heterocycles. The zero-order chi connectivity index (χ0) is 30.6. The van der Waals surface area contributed by atoms with Crippen molar-refractivity contribution < 1.29 is 33.0 Å².